The average Bonchev–Trinajstić information content (AvgIpc) is 3.47. The summed E-state index contributed by atoms with van der Waals surface area (Å²) >= 11 is 0. The van der Waals surface area contributed by atoms with Gasteiger partial charge in [0.15, 0.2) is 0 Å². The van der Waals surface area contributed by atoms with Crippen LogP contribution < -0.4 is 4.74 Å². The summed E-state index contributed by atoms with van der Waals surface area (Å²) in [6.07, 6.45) is 12.9. The molecule has 1 spiro atoms. The van der Waals surface area contributed by atoms with E-state index < -0.39 is 0 Å². The first-order chi connectivity index (χ1) is 14.7. The van der Waals surface area contributed by atoms with Crippen LogP contribution in [0.25, 0.3) is 0 Å². The highest BCUT2D eigenvalue weighted by Gasteiger charge is 2.41. The Kier molecular flexibility index (Phi) is 5.50. The number of likely N-dealkylation sites (tertiary alicyclic amines) is 1. The van der Waals surface area contributed by atoms with Crippen molar-refractivity contribution in [1.29, 1.82) is 0 Å². The average molecular weight is 410 g/mol. The summed E-state index contributed by atoms with van der Waals surface area (Å²) in [6, 6.07) is 6.57. The maximum absolute atomic E-state index is 12.7. The topological polar surface area (TPSA) is 67.5 Å². The summed E-state index contributed by atoms with van der Waals surface area (Å²) < 4.78 is 12.6. The van der Waals surface area contributed by atoms with E-state index >= 15 is 0 Å². The van der Waals surface area contributed by atoms with E-state index in [2.05, 4.69) is 28.4 Å². The minimum absolute atomic E-state index is 0.224. The number of aromatic nitrogens is 2. The molecule has 0 bridgehead atoms. The van der Waals surface area contributed by atoms with Gasteiger partial charge >= 0.3 is 0 Å². The summed E-state index contributed by atoms with van der Waals surface area (Å²) in [6.45, 7) is 2.25. The first-order valence-corrected chi connectivity index (χ1v) is 11.4. The lowest BCUT2D eigenvalue weighted by atomic mass is 9.79. The lowest BCUT2D eigenvalue weighted by Crippen LogP contribution is -2.48. The number of ether oxygens (including phenoxy) is 2. The molecule has 160 valence electrons. The number of benzene rings is 1. The predicted octanol–water partition coefficient (Wildman–Crippen LogP) is 3.75. The number of aromatic amines is 1. The Morgan fingerprint density at radius 3 is 2.87 bits per heavy atom. The summed E-state index contributed by atoms with van der Waals surface area (Å²) in [5.41, 5.74) is 3.49. The molecule has 1 N–H and O–H groups in total. The molecule has 1 aliphatic carbocycles. The molecule has 1 saturated heterocycles. The zero-order valence-electron chi connectivity index (χ0n) is 17.6. The van der Waals surface area contributed by atoms with Crippen molar-refractivity contribution >= 4 is 5.91 Å². The number of aryl methyl sites for hydroxylation is 1. The number of nitrogens with one attached hydrogen (secondary N) is 1. The second kappa shape index (κ2) is 8.42. The summed E-state index contributed by atoms with van der Waals surface area (Å²) in [4.78, 5) is 14.7. The molecule has 0 unspecified atom stereocenters. The van der Waals surface area contributed by atoms with Crippen LogP contribution in [0, 0.1) is 0 Å². The Morgan fingerprint density at radius 1 is 1.27 bits per heavy atom. The monoisotopic (exact) mass is 409 g/mol. The smallest absolute Gasteiger partial charge is 0.222 e. The number of H-pyrrole nitrogens is 1. The molecule has 3 aliphatic rings. The van der Waals surface area contributed by atoms with Gasteiger partial charge in [-0.2, -0.15) is 5.10 Å². The van der Waals surface area contributed by atoms with Gasteiger partial charge in [0, 0.05) is 25.7 Å². The van der Waals surface area contributed by atoms with Gasteiger partial charge in [0.25, 0.3) is 0 Å². The number of nitrogens with zero attached hydrogens (tertiary/aromatic N) is 2. The highest BCUT2D eigenvalue weighted by atomic mass is 16.5. The molecule has 1 aromatic heterocycles. The van der Waals surface area contributed by atoms with Crippen molar-refractivity contribution in [3.05, 3.63) is 47.3 Å². The van der Waals surface area contributed by atoms with Crippen molar-refractivity contribution in [2.24, 2.45) is 0 Å². The van der Waals surface area contributed by atoms with E-state index in [1.54, 1.807) is 6.20 Å². The SMILES string of the molecule is O=C(CCc1cn[nH]c1)N1CCC2(CC1)OCCc1cc(OC3CCCC3)ccc12. The van der Waals surface area contributed by atoms with E-state index in [1.165, 1.54) is 36.8 Å². The molecule has 30 heavy (non-hydrogen) atoms. The Morgan fingerprint density at radius 2 is 2.10 bits per heavy atom. The number of hydrogen-bond donors (Lipinski definition) is 1. The van der Waals surface area contributed by atoms with Gasteiger partial charge in [0.05, 0.1) is 24.5 Å². The predicted molar refractivity (Wildman–Crippen MR) is 113 cm³/mol. The van der Waals surface area contributed by atoms with Crippen molar-refractivity contribution in [2.75, 3.05) is 19.7 Å². The minimum Gasteiger partial charge on any atom is -0.490 e. The quantitative estimate of drug-likeness (QED) is 0.817. The standard InChI is InChI=1S/C24H31N3O3/c28-23(8-5-18-16-25-26-17-18)27-12-10-24(11-13-27)22-7-6-21(15-19(22)9-14-29-24)30-20-3-1-2-4-20/h6-7,15-17,20H,1-5,8-14H2,(H,25,26). The number of hydrogen-bond acceptors (Lipinski definition) is 4. The van der Waals surface area contributed by atoms with E-state index in [-0.39, 0.29) is 11.5 Å². The van der Waals surface area contributed by atoms with Gasteiger partial charge < -0.3 is 14.4 Å². The molecule has 1 saturated carbocycles. The fourth-order valence-corrected chi connectivity index (χ4v) is 5.28. The molecule has 1 aromatic carbocycles. The third-order valence-corrected chi connectivity index (χ3v) is 7.03. The fourth-order valence-electron chi connectivity index (χ4n) is 5.28. The van der Waals surface area contributed by atoms with E-state index in [1.807, 2.05) is 11.1 Å². The summed E-state index contributed by atoms with van der Waals surface area (Å²) in [5.74, 6) is 1.23. The number of carbonyl (C=O) groups is 1. The molecule has 5 rings (SSSR count). The molecule has 0 radical (unpaired) electrons. The molecule has 6 nitrogen and oxygen atoms in total. The zero-order chi connectivity index (χ0) is 20.4. The van der Waals surface area contributed by atoms with Crippen LogP contribution in [0.4, 0.5) is 0 Å². The molecule has 1 amide bonds. The number of rotatable bonds is 5. The number of carbonyl (C=O) groups excluding carboxylic acids is 1. The summed E-state index contributed by atoms with van der Waals surface area (Å²) in [7, 11) is 0. The van der Waals surface area contributed by atoms with Crippen molar-refractivity contribution in [3.63, 3.8) is 0 Å². The molecule has 0 atom stereocenters. The fraction of sp³-hybridized carbons (Fsp3) is 0.583. The molecule has 3 heterocycles. The van der Waals surface area contributed by atoms with Gasteiger partial charge in [-0.15, -0.1) is 0 Å². The van der Waals surface area contributed by atoms with Crippen LogP contribution in [0.3, 0.4) is 0 Å². The van der Waals surface area contributed by atoms with E-state index in [4.69, 9.17) is 9.47 Å². The Labute approximate surface area is 177 Å². The third-order valence-electron chi connectivity index (χ3n) is 7.03. The Bertz CT molecular complexity index is 866. The zero-order valence-corrected chi connectivity index (χ0v) is 17.6. The largest absolute Gasteiger partial charge is 0.490 e. The number of fused-ring (bicyclic) bond motifs is 2. The van der Waals surface area contributed by atoms with Crippen molar-refractivity contribution < 1.29 is 14.3 Å². The molecule has 2 aliphatic heterocycles. The van der Waals surface area contributed by atoms with Gasteiger partial charge in [0.2, 0.25) is 5.91 Å². The van der Waals surface area contributed by atoms with Crippen molar-refractivity contribution in [2.45, 2.75) is 69.5 Å². The summed E-state index contributed by atoms with van der Waals surface area (Å²) in [5, 5.41) is 6.75. The molecular weight excluding hydrogens is 378 g/mol. The van der Waals surface area contributed by atoms with Crippen molar-refractivity contribution in [1.82, 2.24) is 15.1 Å². The van der Waals surface area contributed by atoms with E-state index in [0.717, 1.165) is 56.7 Å². The van der Waals surface area contributed by atoms with Crippen LogP contribution in [-0.2, 0) is 28.0 Å². The Hall–Kier alpha value is -2.34. The molecule has 2 aromatic rings. The van der Waals surface area contributed by atoms with Crippen LogP contribution >= 0.6 is 0 Å². The van der Waals surface area contributed by atoms with Crippen LogP contribution in [-0.4, -0.2) is 46.8 Å². The normalized spacial score (nSPS) is 21.0. The van der Waals surface area contributed by atoms with Gasteiger partial charge in [-0.05, 0) is 80.2 Å². The van der Waals surface area contributed by atoms with Crippen LogP contribution in [0.5, 0.6) is 5.75 Å². The van der Waals surface area contributed by atoms with Crippen molar-refractivity contribution in [3.8, 4) is 5.75 Å². The van der Waals surface area contributed by atoms with E-state index in [9.17, 15) is 4.79 Å². The second-order valence-electron chi connectivity index (χ2n) is 8.92. The third kappa shape index (κ3) is 3.97. The van der Waals surface area contributed by atoms with Gasteiger partial charge in [-0.1, -0.05) is 6.07 Å². The van der Waals surface area contributed by atoms with Crippen LogP contribution in [0.2, 0.25) is 0 Å². The molecular formula is C24H31N3O3. The van der Waals surface area contributed by atoms with Gasteiger partial charge in [-0.25, -0.2) is 0 Å². The highest BCUT2D eigenvalue weighted by molar-refractivity contribution is 5.76. The first kappa shape index (κ1) is 19.6. The molecule has 2 fully saturated rings. The minimum atomic E-state index is -0.249. The maximum atomic E-state index is 12.7. The second-order valence-corrected chi connectivity index (χ2v) is 8.92. The number of piperidine rings is 1. The molecule has 6 heteroatoms. The van der Waals surface area contributed by atoms with Gasteiger partial charge in [0.1, 0.15) is 5.75 Å². The lowest BCUT2D eigenvalue weighted by Gasteiger charge is -2.45. The van der Waals surface area contributed by atoms with Crippen LogP contribution in [0.1, 0.15) is 61.6 Å². The maximum Gasteiger partial charge on any atom is 0.222 e. The van der Waals surface area contributed by atoms with Crippen LogP contribution in [0.15, 0.2) is 30.6 Å². The van der Waals surface area contributed by atoms with E-state index in [0.29, 0.717) is 12.5 Å². The highest BCUT2D eigenvalue weighted by Crippen LogP contribution is 2.42. The lowest BCUT2D eigenvalue weighted by molar-refractivity contribution is -0.140. The first-order valence-electron chi connectivity index (χ1n) is 11.4. The van der Waals surface area contributed by atoms with Gasteiger partial charge in [-0.3, -0.25) is 9.89 Å². The Balaban J connectivity index is 1.22. The number of amides is 1.